The van der Waals surface area contributed by atoms with Crippen molar-refractivity contribution in [2.75, 3.05) is 5.32 Å². The molecule has 0 spiro atoms. The lowest BCUT2D eigenvalue weighted by Crippen LogP contribution is -2.38. The Morgan fingerprint density at radius 3 is 2.82 bits per heavy atom. The van der Waals surface area contributed by atoms with E-state index in [9.17, 15) is 0 Å². The first-order chi connectivity index (χ1) is 8.12. The van der Waals surface area contributed by atoms with Gasteiger partial charge in [0, 0.05) is 6.04 Å². The Hall–Kier alpha value is -1.56. The number of nitrogens with zero attached hydrogens (tertiary/aromatic N) is 2. The normalized spacial score (nSPS) is 22.8. The van der Waals surface area contributed by atoms with Gasteiger partial charge in [0.1, 0.15) is 11.8 Å². The quantitative estimate of drug-likeness (QED) is 0.846. The highest BCUT2D eigenvalue weighted by Gasteiger charge is 2.31. The highest BCUT2D eigenvalue weighted by Crippen LogP contribution is 2.37. The molecule has 1 aliphatic rings. The molecule has 3 nitrogen and oxygen atoms in total. The van der Waals surface area contributed by atoms with E-state index in [4.69, 9.17) is 5.26 Å². The Balaban J connectivity index is 2.06. The number of anilines is 1. The molecule has 1 fully saturated rings. The molecule has 1 heterocycles. The van der Waals surface area contributed by atoms with Gasteiger partial charge in [-0.25, -0.2) is 4.98 Å². The summed E-state index contributed by atoms with van der Waals surface area (Å²) in [6.45, 7) is 4.64. The number of hydrogen-bond donors (Lipinski definition) is 1. The maximum atomic E-state index is 8.70. The van der Waals surface area contributed by atoms with E-state index in [1.807, 2.05) is 12.1 Å². The Kier molecular flexibility index (Phi) is 3.33. The van der Waals surface area contributed by atoms with Crippen LogP contribution in [0, 0.1) is 16.7 Å². The minimum Gasteiger partial charge on any atom is -0.381 e. The van der Waals surface area contributed by atoms with Crippen molar-refractivity contribution in [3.8, 4) is 6.07 Å². The molecule has 1 N–H and O–H groups in total. The van der Waals surface area contributed by atoms with Crippen molar-refractivity contribution in [1.82, 2.24) is 4.98 Å². The molecule has 1 aromatic rings. The standard InChI is InChI=1S/C14H19N3/c1-14(2)8-4-3-5-13(14)17-12-7-6-11(9-15)16-10-12/h6-7,10,13,17H,3-5,8H2,1-2H3. The van der Waals surface area contributed by atoms with Crippen molar-refractivity contribution in [1.29, 1.82) is 5.26 Å². The summed E-state index contributed by atoms with van der Waals surface area (Å²) < 4.78 is 0. The molecule has 0 aliphatic heterocycles. The van der Waals surface area contributed by atoms with Gasteiger partial charge in [-0.05, 0) is 30.4 Å². The monoisotopic (exact) mass is 229 g/mol. The van der Waals surface area contributed by atoms with Gasteiger partial charge in [-0.15, -0.1) is 0 Å². The molecule has 0 bridgehead atoms. The van der Waals surface area contributed by atoms with Crippen LogP contribution in [0.1, 0.15) is 45.2 Å². The Morgan fingerprint density at radius 1 is 1.41 bits per heavy atom. The van der Waals surface area contributed by atoms with Crippen LogP contribution < -0.4 is 5.32 Å². The van der Waals surface area contributed by atoms with Crippen LogP contribution >= 0.6 is 0 Å². The lowest BCUT2D eigenvalue weighted by molar-refractivity contribution is 0.217. The number of pyridine rings is 1. The fraction of sp³-hybridized carbons (Fsp3) is 0.571. The Bertz CT molecular complexity index is 414. The van der Waals surface area contributed by atoms with Gasteiger partial charge >= 0.3 is 0 Å². The summed E-state index contributed by atoms with van der Waals surface area (Å²) in [5.41, 5.74) is 1.83. The zero-order valence-corrected chi connectivity index (χ0v) is 10.5. The predicted molar refractivity (Wildman–Crippen MR) is 68.6 cm³/mol. The van der Waals surface area contributed by atoms with Gasteiger partial charge in [0.2, 0.25) is 0 Å². The van der Waals surface area contributed by atoms with Gasteiger partial charge in [0.05, 0.1) is 11.9 Å². The molecule has 90 valence electrons. The number of hydrogen-bond acceptors (Lipinski definition) is 3. The Labute approximate surface area is 103 Å². The van der Waals surface area contributed by atoms with Gasteiger partial charge < -0.3 is 5.32 Å². The summed E-state index contributed by atoms with van der Waals surface area (Å²) in [4.78, 5) is 4.09. The van der Waals surface area contributed by atoms with E-state index < -0.39 is 0 Å². The average Bonchev–Trinajstić information content (AvgIpc) is 2.33. The first kappa shape index (κ1) is 11.9. The van der Waals surface area contributed by atoms with E-state index in [1.165, 1.54) is 25.7 Å². The van der Waals surface area contributed by atoms with E-state index in [-0.39, 0.29) is 0 Å². The van der Waals surface area contributed by atoms with Crippen molar-refractivity contribution < 1.29 is 0 Å². The van der Waals surface area contributed by atoms with Crippen LogP contribution in [0.2, 0.25) is 0 Å². The molecule has 0 amide bonds. The lowest BCUT2D eigenvalue weighted by Gasteiger charge is -2.39. The van der Waals surface area contributed by atoms with Crippen molar-refractivity contribution in [3.05, 3.63) is 24.0 Å². The van der Waals surface area contributed by atoms with Crippen LogP contribution in [0.4, 0.5) is 5.69 Å². The highest BCUT2D eigenvalue weighted by molar-refractivity contribution is 5.44. The minimum absolute atomic E-state index is 0.339. The SMILES string of the molecule is CC1(C)CCCCC1Nc1ccc(C#N)nc1. The van der Waals surface area contributed by atoms with Crippen LogP contribution in [0.5, 0.6) is 0 Å². The van der Waals surface area contributed by atoms with Gasteiger partial charge in [-0.3, -0.25) is 0 Å². The third kappa shape index (κ3) is 2.76. The summed E-state index contributed by atoms with van der Waals surface area (Å²) in [5, 5.41) is 12.3. The molecule has 1 saturated carbocycles. The summed E-state index contributed by atoms with van der Waals surface area (Å²) in [6, 6.07) is 6.24. The molecule has 2 rings (SSSR count). The zero-order chi connectivity index (χ0) is 12.3. The van der Waals surface area contributed by atoms with Crippen LogP contribution in [0.25, 0.3) is 0 Å². The zero-order valence-electron chi connectivity index (χ0n) is 10.5. The van der Waals surface area contributed by atoms with Crippen LogP contribution in [-0.4, -0.2) is 11.0 Å². The molecular formula is C14H19N3. The third-order valence-electron chi connectivity index (χ3n) is 3.73. The molecule has 1 atom stereocenters. The van der Waals surface area contributed by atoms with Crippen molar-refractivity contribution in [3.63, 3.8) is 0 Å². The molecule has 0 radical (unpaired) electrons. The predicted octanol–water partition coefficient (Wildman–Crippen LogP) is 3.33. The largest absolute Gasteiger partial charge is 0.381 e. The molecule has 3 heteroatoms. The number of aromatic nitrogens is 1. The molecule has 1 unspecified atom stereocenters. The van der Waals surface area contributed by atoms with Gasteiger partial charge in [0.15, 0.2) is 0 Å². The van der Waals surface area contributed by atoms with E-state index in [0.29, 0.717) is 17.2 Å². The fourth-order valence-corrected chi connectivity index (χ4v) is 2.51. The molecule has 1 aromatic heterocycles. The van der Waals surface area contributed by atoms with Crippen LogP contribution in [0.15, 0.2) is 18.3 Å². The van der Waals surface area contributed by atoms with Gasteiger partial charge in [0.25, 0.3) is 0 Å². The van der Waals surface area contributed by atoms with Crippen LogP contribution in [0.3, 0.4) is 0 Å². The summed E-state index contributed by atoms with van der Waals surface area (Å²) in [7, 11) is 0. The number of nitriles is 1. The molecule has 17 heavy (non-hydrogen) atoms. The van der Waals surface area contributed by atoms with Crippen molar-refractivity contribution in [2.24, 2.45) is 5.41 Å². The van der Waals surface area contributed by atoms with E-state index in [2.05, 4.69) is 24.1 Å². The van der Waals surface area contributed by atoms with Crippen molar-refractivity contribution >= 4 is 5.69 Å². The van der Waals surface area contributed by atoms with Crippen molar-refractivity contribution in [2.45, 2.75) is 45.6 Å². The Morgan fingerprint density at radius 2 is 2.24 bits per heavy atom. The second kappa shape index (κ2) is 4.75. The number of nitrogens with one attached hydrogen (secondary N) is 1. The number of rotatable bonds is 2. The van der Waals surface area contributed by atoms with Crippen LogP contribution in [-0.2, 0) is 0 Å². The summed E-state index contributed by atoms with van der Waals surface area (Å²) in [6.07, 6.45) is 6.87. The topological polar surface area (TPSA) is 48.7 Å². The minimum atomic E-state index is 0.339. The average molecular weight is 229 g/mol. The summed E-state index contributed by atoms with van der Waals surface area (Å²) >= 11 is 0. The highest BCUT2D eigenvalue weighted by atomic mass is 15.0. The smallest absolute Gasteiger partial charge is 0.140 e. The van der Waals surface area contributed by atoms with Gasteiger partial charge in [-0.1, -0.05) is 26.7 Å². The summed E-state index contributed by atoms with van der Waals surface area (Å²) in [5.74, 6) is 0. The maximum Gasteiger partial charge on any atom is 0.140 e. The molecular weight excluding hydrogens is 210 g/mol. The van der Waals surface area contributed by atoms with E-state index >= 15 is 0 Å². The third-order valence-corrected chi connectivity index (χ3v) is 3.73. The van der Waals surface area contributed by atoms with Gasteiger partial charge in [-0.2, -0.15) is 5.26 Å². The first-order valence-electron chi connectivity index (χ1n) is 6.24. The van der Waals surface area contributed by atoms with E-state index in [0.717, 1.165) is 5.69 Å². The second-order valence-corrected chi connectivity index (χ2v) is 5.48. The molecule has 1 aliphatic carbocycles. The lowest BCUT2D eigenvalue weighted by atomic mass is 9.73. The fourth-order valence-electron chi connectivity index (χ4n) is 2.51. The maximum absolute atomic E-state index is 8.70. The second-order valence-electron chi connectivity index (χ2n) is 5.48. The van der Waals surface area contributed by atoms with E-state index in [1.54, 1.807) is 12.3 Å². The molecule has 0 aromatic carbocycles. The molecule has 0 saturated heterocycles. The first-order valence-corrected chi connectivity index (χ1v) is 6.24.